The van der Waals surface area contributed by atoms with Crippen LogP contribution in [0.3, 0.4) is 0 Å². The Labute approximate surface area is 156 Å². The van der Waals surface area contributed by atoms with Gasteiger partial charge in [-0.2, -0.15) is 0 Å². The number of quaternary nitrogens is 1. The molecule has 0 saturated carbocycles. The second-order valence-electron chi connectivity index (χ2n) is 7.30. The van der Waals surface area contributed by atoms with E-state index in [1.165, 1.54) is 16.7 Å². The first-order valence-electron chi connectivity index (χ1n) is 9.30. The number of aliphatic hydroxyl groups excluding tert-OH is 1. The van der Waals surface area contributed by atoms with E-state index in [0.29, 0.717) is 0 Å². The van der Waals surface area contributed by atoms with Gasteiger partial charge in [0.25, 0.3) is 0 Å². The van der Waals surface area contributed by atoms with Crippen molar-refractivity contribution < 1.29 is 9.59 Å². The van der Waals surface area contributed by atoms with Crippen molar-refractivity contribution >= 4 is 0 Å². The maximum Gasteiger partial charge on any atom is 0.105 e. The number of nitrogens with zero attached hydrogens (tertiary/aromatic N) is 1. The average molecular weight is 346 g/mol. The zero-order valence-corrected chi connectivity index (χ0v) is 15.5. The lowest BCUT2D eigenvalue weighted by molar-refractivity contribution is -0.968. The fraction of sp³-hybridized carbons (Fsp3) is 0.250. The summed E-state index contributed by atoms with van der Waals surface area (Å²) in [7, 11) is 0. The first kappa shape index (κ1) is 18.4. The molecule has 0 spiro atoms. The third kappa shape index (κ3) is 5.29. The standard InChI is InChI=1S/C24H28NO/c1-21(26)17-25(18-22-11-5-2-6-12-22,19-23-13-7-3-8-14-23)20-24-15-9-4-10-16-24/h2-16,21,26H,17-20H2,1H3/q+1. The van der Waals surface area contributed by atoms with Crippen LogP contribution in [0.2, 0.25) is 0 Å². The molecule has 0 heterocycles. The van der Waals surface area contributed by atoms with Crippen LogP contribution in [0.4, 0.5) is 0 Å². The Hall–Kier alpha value is -2.42. The van der Waals surface area contributed by atoms with Gasteiger partial charge in [-0.25, -0.2) is 0 Å². The van der Waals surface area contributed by atoms with E-state index in [1.54, 1.807) is 0 Å². The molecule has 0 amide bonds. The summed E-state index contributed by atoms with van der Waals surface area (Å²) in [6.45, 7) is 5.31. The van der Waals surface area contributed by atoms with Crippen molar-refractivity contribution in [2.24, 2.45) is 0 Å². The topological polar surface area (TPSA) is 20.2 Å². The minimum atomic E-state index is -0.355. The van der Waals surface area contributed by atoms with Gasteiger partial charge in [0, 0.05) is 16.7 Å². The summed E-state index contributed by atoms with van der Waals surface area (Å²) < 4.78 is 0.801. The molecule has 134 valence electrons. The molecule has 0 aromatic heterocycles. The molecule has 0 aliphatic rings. The van der Waals surface area contributed by atoms with Gasteiger partial charge in [-0.05, 0) is 6.92 Å². The van der Waals surface area contributed by atoms with Gasteiger partial charge in [0.1, 0.15) is 32.3 Å². The minimum Gasteiger partial charge on any atom is -0.388 e. The molecule has 0 saturated heterocycles. The van der Waals surface area contributed by atoms with Crippen molar-refractivity contribution in [1.82, 2.24) is 0 Å². The maximum absolute atomic E-state index is 10.3. The number of hydrogen-bond acceptors (Lipinski definition) is 1. The summed E-state index contributed by atoms with van der Waals surface area (Å²) in [4.78, 5) is 0. The van der Waals surface area contributed by atoms with E-state index in [4.69, 9.17) is 0 Å². The Morgan fingerprint density at radius 3 is 1.19 bits per heavy atom. The van der Waals surface area contributed by atoms with Crippen LogP contribution >= 0.6 is 0 Å². The molecule has 3 rings (SSSR count). The largest absolute Gasteiger partial charge is 0.388 e. The molecule has 2 heteroatoms. The van der Waals surface area contributed by atoms with Gasteiger partial charge in [0.05, 0.1) is 0 Å². The summed E-state index contributed by atoms with van der Waals surface area (Å²) >= 11 is 0. The van der Waals surface area contributed by atoms with Gasteiger partial charge in [-0.15, -0.1) is 0 Å². The van der Waals surface area contributed by atoms with Gasteiger partial charge in [0.15, 0.2) is 0 Å². The van der Waals surface area contributed by atoms with E-state index < -0.39 is 0 Å². The fourth-order valence-corrected chi connectivity index (χ4v) is 3.83. The summed E-state index contributed by atoms with van der Waals surface area (Å²) in [6, 6.07) is 31.9. The molecule has 2 nitrogen and oxygen atoms in total. The Morgan fingerprint density at radius 1 is 0.615 bits per heavy atom. The lowest BCUT2D eigenvalue weighted by Gasteiger charge is -2.40. The minimum absolute atomic E-state index is 0.355. The first-order chi connectivity index (χ1) is 12.7. The van der Waals surface area contributed by atoms with Crippen LogP contribution in [0, 0.1) is 0 Å². The third-order valence-corrected chi connectivity index (χ3v) is 4.73. The molecule has 0 radical (unpaired) electrons. The highest BCUT2D eigenvalue weighted by molar-refractivity contribution is 5.17. The van der Waals surface area contributed by atoms with Crippen molar-refractivity contribution in [3.63, 3.8) is 0 Å². The summed E-state index contributed by atoms with van der Waals surface area (Å²) in [5.41, 5.74) is 3.92. The Bertz CT molecular complexity index is 668. The van der Waals surface area contributed by atoms with E-state index in [1.807, 2.05) is 6.92 Å². The maximum atomic E-state index is 10.3. The van der Waals surface area contributed by atoms with Crippen LogP contribution in [0.15, 0.2) is 91.0 Å². The van der Waals surface area contributed by atoms with E-state index in [-0.39, 0.29) is 6.10 Å². The van der Waals surface area contributed by atoms with Crippen LogP contribution in [-0.4, -0.2) is 22.2 Å². The molecule has 1 unspecified atom stereocenters. The normalized spacial score (nSPS) is 12.7. The summed E-state index contributed by atoms with van der Waals surface area (Å²) in [5.74, 6) is 0. The lowest BCUT2D eigenvalue weighted by atomic mass is 10.1. The first-order valence-corrected chi connectivity index (χ1v) is 9.30. The molecule has 0 aliphatic carbocycles. The SMILES string of the molecule is CC(O)C[N+](Cc1ccccc1)(Cc1ccccc1)Cc1ccccc1. The molecule has 0 bridgehead atoms. The highest BCUT2D eigenvalue weighted by atomic mass is 16.3. The molecule has 1 atom stereocenters. The number of hydrogen-bond donors (Lipinski definition) is 1. The third-order valence-electron chi connectivity index (χ3n) is 4.73. The van der Waals surface area contributed by atoms with Crippen LogP contribution in [0.5, 0.6) is 0 Å². The predicted molar refractivity (Wildman–Crippen MR) is 107 cm³/mol. The van der Waals surface area contributed by atoms with Crippen molar-refractivity contribution in [3.8, 4) is 0 Å². The quantitative estimate of drug-likeness (QED) is 0.582. The van der Waals surface area contributed by atoms with Crippen molar-refractivity contribution in [1.29, 1.82) is 0 Å². The van der Waals surface area contributed by atoms with Gasteiger partial charge in [-0.3, -0.25) is 0 Å². The zero-order chi connectivity index (χ0) is 18.2. The second-order valence-corrected chi connectivity index (χ2v) is 7.30. The van der Waals surface area contributed by atoms with E-state index in [9.17, 15) is 5.11 Å². The van der Waals surface area contributed by atoms with Gasteiger partial charge >= 0.3 is 0 Å². The average Bonchev–Trinajstić information content (AvgIpc) is 2.63. The zero-order valence-electron chi connectivity index (χ0n) is 15.5. The monoisotopic (exact) mass is 346 g/mol. The Morgan fingerprint density at radius 2 is 0.923 bits per heavy atom. The molecule has 0 aliphatic heterocycles. The molecule has 26 heavy (non-hydrogen) atoms. The predicted octanol–water partition coefficient (Wildman–Crippen LogP) is 4.78. The molecule has 3 aromatic carbocycles. The summed E-state index contributed by atoms with van der Waals surface area (Å²) in [6.07, 6.45) is -0.355. The van der Waals surface area contributed by atoms with Crippen LogP contribution in [0.25, 0.3) is 0 Å². The second kappa shape index (κ2) is 8.79. The number of rotatable bonds is 8. The molecule has 0 fully saturated rings. The number of benzene rings is 3. The molecule has 3 aromatic rings. The Balaban J connectivity index is 1.97. The number of aliphatic hydroxyl groups is 1. The summed E-state index contributed by atoms with van der Waals surface area (Å²) in [5, 5.41) is 10.3. The molecular weight excluding hydrogens is 318 g/mol. The van der Waals surface area contributed by atoms with E-state index >= 15 is 0 Å². The van der Waals surface area contributed by atoms with Crippen molar-refractivity contribution in [2.45, 2.75) is 32.7 Å². The fourth-order valence-electron chi connectivity index (χ4n) is 3.83. The molecule has 1 N–H and O–H groups in total. The van der Waals surface area contributed by atoms with Gasteiger partial charge in [-0.1, -0.05) is 91.0 Å². The van der Waals surface area contributed by atoms with Gasteiger partial charge < -0.3 is 9.59 Å². The van der Waals surface area contributed by atoms with Crippen LogP contribution in [0.1, 0.15) is 23.6 Å². The van der Waals surface area contributed by atoms with E-state index in [0.717, 1.165) is 30.7 Å². The van der Waals surface area contributed by atoms with Crippen LogP contribution < -0.4 is 0 Å². The van der Waals surface area contributed by atoms with Crippen LogP contribution in [-0.2, 0) is 19.6 Å². The van der Waals surface area contributed by atoms with Crippen molar-refractivity contribution in [2.75, 3.05) is 6.54 Å². The van der Waals surface area contributed by atoms with E-state index in [2.05, 4.69) is 91.0 Å². The lowest BCUT2D eigenvalue weighted by Crippen LogP contribution is -2.49. The Kier molecular flexibility index (Phi) is 6.21. The highest BCUT2D eigenvalue weighted by Gasteiger charge is 2.30. The van der Waals surface area contributed by atoms with Gasteiger partial charge in [0.2, 0.25) is 0 Å². The highest BCUT2D eigenvalue weighted by Crippen LogP contribution is 2.24. The smallest absolute Gasteiger partial charge is 0.105 e. The van der Waals surface area contributed by atoms with Crippen molar-refractivity contribution in [3.05, 3.63) is 108 Å². The molecular formula is C24H28NO+.